The van der Waals surface area contributed by atoms with Gasteiger partial charge in [0.1, 0.15) is 17.1 Å². The quantitative estimate of drug-likeness (QED) is 0.340. The van der Waals surface area contributed by atoms with Gasteiger partial charge in [-0.2, -0.15) is 23.0 Å². The Morgan fingerprint density at radius 3 is 2.34 bits per heavy atom. The molecule has 0 bridgehead atoms. The maximum atomic E-state index is 13.4. The number of amides is 1. The van der Waals surface area contributed by atoms with Gasteiger partial charge >= 0.3 is 12.3 Å². The zero-order valence-corrected chi connectivity index (χ0v) is 20.7. The highest BCUT2D eigenvalue weighted by atomic mass is 19.4. The van der Waals surface area contributed by atoms with Gasteiger partial charge in [0, 0.05) is 29.9 Å². The maximum absolute atomic E-state index is 13.4. The fourth-order valence-electron chi connectivity index (χ4n) is 3.47. The van der Waals surface area contributed by atoms with E-state index in [1.165, 1.54) is 0 Å². The first-order chi connectivity index (χ1) is 17.8. The zero-order valence-electron chi connectivity index (χ0n) is 20.7. The molecule has 0 unspecified atom stereocenters. The van der Waals surface area contributed by atoms with Crippen molar-refractivity contribution in [3.05, 3.63) is 77.7 Å². The summed E-state index contributed by atoms with van der Waals surface area (Å²) in [7, 11) is 0. The summed E-state index contributed by atoms with van der Waals surface area (Å²) in [5.41, 5.74) is 4.31. The topological polar surface area (TPSA) is 121 Å². The van der Waals surface area contributed by atoms with Crippen molar-refractivity contribution in [3.8, 4) is 11.5 Å². The van der Waals surface area contributed by atoms with Crippen molar-refractivity contribution in [2.75, 3.05) is 5.32 Å². The summed E-state index contributed by atoms with van der Waals surface area (Å²) in [5, 5.41) is 6.44. The van der Waals surface area contributed by atoms with E-state index in [1.807, 2.05) is 0 Å². The van der Waals surface area contributed by atoms with Crippen molar-refractivity contribution in [1.29, 1.82) is 0 Å². The molecule has 0 saturated carbocycles. The van der Waals surface area contributed by atoms with Gasteiger partial charge in [0.05, 0.1) is 16.8 Å². The van der Waals surface area contributed by atoms with E-state index in [4.69, 9.17) is 15.2 Å². The fourth-order valence-corrected chi connectivity index (χ4v) is 3.47. The zero-order chi connectivity index (χ0) is 27.7. The van der Waals surface area contributed by atoms with Crippen LogP contribution in [-0.2, 0) is 17.5 Å². The molecule has 0 aliphatic carbocycles. The van der Waals surface area contributed by atoms with Crippen LogP contribution in [0.15, 0.2) is 60.8 Å². The first-order valence-electron chi connectivity index (χ1n) is 11.4. The SMILES string of the molecule is CC(C)(C)OC(=O)n1nc(C(=O)Nc2ccc(Oc3ccnc(CN)c3)cc2)c2cc(C(F)(F)F)ccc21. The molecule has 0 radical (unpaired) electrons. The fraction of sp³-hybridized carbons (Fsp3) is 0.231. The lowest BCUT2D eigenvalue weighted by Crippen LogP contribution is -2.28. The monoisotopic (exact) mass is 527 g/mol. The largest absolute Gasteiger partial charge is 0.457 e. The van der Waals surface area contributed by atoms with E-state index in [0.717, 1.165) is 22.9 Å². The Morgan fingerprint density at radius 2 is 1.71 bits per heavy atom. The van der Waals surface area contributed by atoms with Crippen molar-refractivity contribution >= 4 is 28.6 Å². The Hall–Kier alpha value is -4.45. The predicted octanol–water partition coefficient (Wildman–Crippen LogP) is 5.74. The smallest absolute Gasteiger partial charge is 0.435 e. The molecule has 0 atom stereocenters. The Balaban J connectivity index is 1.61. The lowest BCUT2D eigenvalue weighted by molar-refractivity contribution is -0.137. The van der Waals surface area contributed by atoms with E-state index in [0.29, 0.717) is 22.9 Å². The van der Waals surface area contributed by atoms with Crippen molar-refractivity contribution < 1.29 is 32.2 Å². The van der Waals surface area contributed by atoms with E-state index in [-0.39, 0.29) is 23.1 Å². The lowest BCUT2D eigenvalue weighted by atomic mass is 10.1. The van der Waals surface area contributed by atoms with Crippen LogP contribution in [0, 0.1) is 0 Å². The number of carbonyl (C=O) groups excluding carboxylic acids is 2. The molecule has 2 heterocycles. The summed E-state index contributed by atoms with van der Waals surface area (Å²) < 4.78 is 52.0. The minimum Gasteiger partial charge on any atom is -0.457 e. The van der Waals surface area contributed by atoms with E-state index >= 15 is 0 Å². The molecule has 4 rings (SSSR count). The highest BCUT2D eigenvalue weighted by Crippen LogP contribution is 2.33. The van der Waals surface area contributed by atoms with Crippen LogP contribution >= 0.6 is 0 Å². The average molecular weight is 528 g/mol. The number of alkyl halides is 3. The number of nitrogens with zero attached hydrogens (tertiary/aromatic N) is 3. The molecule has 12 heteroatoms. The molecule has 0 aliphatic rings. The summed E-state index contributed by atoms with van der Waals surface area (Å²) >= 11 is 0. The molecular weight excluding hydrogens is 503 g/mol. The van der Waals surface area contributed by atoms with Crippen LogP contribution in [0.2, 0.25) is 0 Å². The number of rotatable bonds is 5. The number of halogens is 3. The molecule has 38 heavy (non-hydrogen) atoms. The summed E-state index contributed by atoms with van der Waals surface area (Å²) in [6.45, 7) is 5.15. The van der Waals surface area contributed by atoms with Gasteiger partial charge in [0.25, 0.3) is 5.91 Å². The highest BCUT2D eigenvalue weighted by Gasteiger charge is 2.33. The first-order valence-corrected chi connectivity index (χ1v) is 11.4. The van der Waals surface area contributed by atoms with Crippen molar-refractivity contribution in [2.24, 2.45) is 5.73 Å². The summed E-state index contributed by atoms with van der Waals surface area (Å²) in [5.74, 6) is 0.176. The summed E-state index contributed by atoms with van der Waals surface area (Å²) in [6, 6.07) is 12.3. The number of pyridine rings is 1. The normalized spacial score (nSPS) is 11.9. The third kappa shape index (κ3) is 6.09. The third-order valence-electron chi connectivity index (χ3n) is 5.13. The molecule has 0 fully saturated rings. The van der Waals surface area contributed by atoms with Crippen LogP contribution in [0.4, 0.5) is 23.7 Å². The number of aromatic nitrogens is 3. The van der Waals surface area contributed by atoms with Crippen LogP contribution in [0.1, 0.15) is 42.5 Å². The van der Waals surface area contributed by atoms with Gasteiger partial charge in [-0.25, -0.2) is 4.79 Å². The van der Waals surface area contributed by atoms with Crippen molar-refractivity contribution in [2.45, 2.75) is 39.1 Å². The van der Waals surface area contributed by atoms with Gasteiger partial charge in [0.2, 0.25) is 0 Å². The van der Waals surface area contributed by atoms with Crippen molar-refractivity contribution in [1.82, 2.24) is 14.8 Å². The standard InChI is InChI=1S/C26H24F3N5O4/c1-25(2,3)38-24(36)34-21-9-4-15(26(27,28)29)12-20(21)22(33-34)23(35)32-16-5-7-18(8-6-16)37-19-10-11-31-17(13-19)14-30/h4-13H,14,30H2,1-3H3,(H,32,35). The van der Waals surface area contributed by atoms with Crippen LogP contribution in [0.25, 0.3) is 10.9 Å². The lowest BCUT2D eigenvalue weighted by Gasteiger charge is -2.19. The molecule has 198 valence electrons. The van der Waals surface area contributed by atoms with Gasteiger partial charge in [-0.1, -0.05) is 0 Å². The molecule has 0 saturated heterocycles. The molecule has 1 amide bonds. The Bertz CT molecular complexity index is 1490. The molecule has 2 aromatic heterocycles. The number of ether oxygens (including phenoxy) is 2. The number of fused-ring (bicyclic) bond motifs is 1. The van der Waals surface area contributed by atoms with Gasteiger partial charge in [0.15, 0.2) is 5.69 Å². The minimum atomic E-state index is -4.66. The van der Waals surface area contributed by atoms with Crippen LogP contribution in [0.3, 0.4) is 0 Å². The Morgan fingerprint density at radius 1 is 1.00 bits per heavy atom. The second kappa shape index (κ2) is 10.1. The van der Waals surface area contributed by atoms with E-state index in [2.05, 4.69) is 15.4 Å². The molecule has 9 nitrogen and oxygen atoms in total. The predicted molar refractivity (Wildman–Crippen MR) is 133 cm³/mol. The maximum Gasteiger partial charge on any atom is 0.435 e. The number of hydrogen-bond donors (Lipinski definition) is 2. The van der Waals surface area contributed by atoms with Gasteiger partial charge in [-0.05, 0) is 69.3 Å². The van der Waals surface area contributed by atoms with Gasteiger partial charge in [-0.15, -0.1) is 0 Å². The second-order valence-corrected chi connectivity index (χ2v) is 9.24. The second-order valence-electron chi connectivity index (χ2n) is 9.24. The first kappa shape index (κ1) is 26.6. The summed E-state index contributed by atoms with van der Waals surface area (Å²) in [6.07, 6.45) is -4.03. The molecule has 0 aliphatic heterocycles. The van der Waals surface area contributed by atoms with Crippen molar-refractivity contribution in [3.63, 3.8) is 0 Å². The van der Waals surface area contributed by atoms with E-state index in [1.54, 1.807) is 63.4 Å². The average Bonchev–Trinajstić information content (AvgIpc) is 3.23. The number of hydrogen-bond acceptors (Lipinski definition) is 7. The molecule has 2 aromatic carbocycles. The van der Waals surface area contributed by atoms with Gasteiger partial charge < -0.3 is 20.5 Å². The Kier molecular flexibility index (Phi) is 7.09. The van der Waals surface area contributed by atoms with Crippen LogP contribution in [-0.4, -0.2) is 32.4 Å². The molecule has 3 N–H and O–H groups in total. The minimum absolute atomic E-state index is 0.00431. The molecule has 4 aromatic rings. The van der Waals surface area contributed by atoms with Gasteiger partial charge in [-0.3, -0.25) is 9.78 Å². The molecule has 0 spiro atoms. The summed E-state index contributed by atoms with van der Waals surface area (Å²) in [4.78, 5) is 29.9. The number of anilines is 1. The molecular formula is C26H24F3N5O4. The van der Waals surface area contributed by atoms with E-state index < -0.39 is 29.3 Å². The Labute approximate surface area is 215 Å². The third-order valence-corrected chi connectivity index (χ3v) is 5.13. The number of carbonyl (C=O) groups is 2. The number of nitrogens with one attached hydrogen (secondary N) is 1. The number of benzene rings is 2. The van der Waals surface area contributed by atoms with Crippen LogP contribution in [0.5, 0.6) is 11.5 Å². The number of nitrogens with two attached hydrogens (primary N) is 1. The van der Waals surface area contributed by atoms with Crippen LogP contribution < -0.4 is 15.8 Å². The highest BCUT2D eigenvalue weighted by molar-refractivity contribution is 6.12. The van der Waals surface area contributed by atoms with E-state index in [9.17, 15) is 22.8 Å².